The van der Waals surface area contributed by atoms with E-state index >= 15 is 0 Å². The second-order valence-electron chi connectivity index (χ2n) is 8.64. The van der Waals surface area contributed by atoms with Crippen molar-refractivity contribution >= 4 is 50.7 Å². The molecule has 3 aromatic rings. The molecule has 3 aromatic carbocycles. The minimum Gasteiger partial charge on any atom is -0.357 e. The standard InChI is InChI=1S/C27H26Cl2F3N3O4S/c1-3-23(26(37)33-2)34(16-18-9-7-8-12-21(18)28)25(36)17-35(40(38,39)20-10-5-4-6-11-20)24-15-19(27(30,31)32)13-14-22(24)29/h4-15,23H,3,16-17H2,1-2H3,(H,33,37). The second-order valence-corrected chi connectivity index (χ2v) is 11.3. The number of likely N-dealkylation sites (N-methyl/N-ethyl adjacent to an activating group) is 1. The number of hydrogen-bond acceptors (Lipinski definition) is 4. The number of rotatable bonds is 10. The van der Waals surface area contributed by atoms with Crippen LogP contribution in [0.3, 0.4) is 0 Å². The van der Waals surface area contributed by atoms with Crippen molar-refractivity contribution < 1.29 is 31.2 Å². The van der Waals surface area contributed by atoms with Gasteiger partial charge in [-0.2, -0.15) is 13.2 Å². The van der Waals surface area contributed by atoms with Crippen LogP contribution in [0.5, 0.6) is 0 Å². The van der Waals surface area contributed by atoms with Gasteiger partial charge < -0.3 is 10.2 Å². The molecule has 2 amide bonds. The molecule has 3 rings (SSSR count). The molecule has 0 heterocycles. The minimum atomic E-state index is -4.81. The highest BCUT2D eigenvalue weighted by atomic mass is 35.5. The second kappa shape index (κ2) is 12.9. The third kappa shape index (κ3) is 7.07. The van der Waals surface area contributed by atoms with E-state index in [1.807, 2.05) is 0 Å². The maximum absolute atomic E-state index is 13.9. The van der Waals surface area contributed by atoms with E-state index in [0.29, 0.717) is 27.0 Å². The van der Waals surface area contributed by atoms with E-state index in [0.717, 1.165) is 11.0 Å². The number of halogens is 5. The van der Waals surface area contributed by atoms with Crippen LogP contribution in [0.4, 0.5) is 18.9 Å². The molecule has 0 radical (unpaired) electrons. The van der Waals surface area contributed by atoms with Crippen LogP contribution in [0, 0.1) is 0 Å². The molecular weight excluding hydrogens is 590 g/mol. The maximum Gasteiger partial charge on any atom is 0.416 e. The van der Waals surface area contributed by atoms with Crippen molar-refractivity contribution in [2.75, 3.05) is 17.9 Å². The van der Waals surface area contributed by atoms with Gasteiger partial charge in [0.25, 0.3) is 10.0 Å². The summed E-state index contributed by atoms with van der Waals surface area (Å²) in [6, 6.07) is 14.7. The number of nitrogens with one attached hydrogen (secondary N) is 1. The molecule has 40 heavy (non-hydrogen) atoms. The number of anilines is 1. The fraction of sp³-hybridized carbons (Fsp3) is 0.259. The number of carbonyl (C=O) groups is 2. The lowest BCUT2D eigenvalue weighted by Gasteiger charge is -2.33. The Hall–Kier alpha value is -3.28. The highest BCUT2D eigenvalue weighted by molar-refractivity contribution is 7.92. The van der Waals surface area contributed by atoms with Gasteiger partial charge in [0, 0.05) is 18.6 Å². The lowest BCUT2D eigenvalue weighted by Crippen LogP contribution is -2.51. The Morgan fingerprint density at radius 2 is 1.57 bits per heavy atom. The first-order valence-electron chi connectivity index (χ1n) is 12.0. The van der Waals surface area contributed by atoms with Gasteiger partial charge in [-0.25, -0.2) is 8.42 Å². The zero-order valence-electron chi connectivity index (χ0n) is 21.5. The third-order valence-corrected chi connectivity index (χ3v) is 8.55. The number of nitrogens with zero attached hydrogens (tertiary/aromatic N) is 2. The topological polar surface area (TPSA) is 86.8 Å². The van der Waals surface area contributed by atoms with Crippen molar-refractivity contribution in [3.8, 4) is 0 Å². The van der Waals surface area contributed by atoms with Crippen molar-refractivity contribution in [2.45, 2.75) is 37.0 Å². The number of carbonyl (C=O) groups excluding carboxylic acids is 2. The maximum atomic E-state index is 13.9. The predicted octanol–water partition coefficient (Wildman–Crippen LogP) is 5.76. The molecule has 7 nitrogen and oxygen atoms in total. The zero-order valence-corrected chi connectivity index (χ0v) is 23.8. The summed E-state index contributed by atoms with van der Waals surface area (Å²) in [5, 5.41) is 2.47. The Labute approximate surface area is 240 Å². The van der Waals surface area contributed by atoms with Gasteiger partial charge in [-0.1, -0.05) is 66.5 Å². The molecule has 0 aliphatic carbocycles. The van der Waals surface area contributed by atoms with Crippen molar-refractivity contribution in [3.63, 3.8) is 0 Å². The van der Waals surface area contributed by atoms with Crippen molar-refractivity contribution in [3.05, 3.63) is 94.0 Å². The van der Waals surface area contributed by atoms with Crippen LogP contribution in [-0.4, -0.2) is 44.8 Å². The number of hydrogen-bond donors (Lipinski definition) is 1. The molecule has 1 atom stereocenters. The minimum absolute atomic E-state index is 0.158. The van der Waals surface area contributed by atoms with Crippen molar-refractivity contribution in [1.82, 2.24) is 10.2 Å². The summed E-state index contributed by atoms with van der Waals surface area (Å²) in [4.78, 5) is 27.5. The Morgan fingerprint density at radius 3 is 2.15 bits per heavy atom. The molecule has 0 saturated heterocycles. The molecule has 0 aliphatic rings. The van der Waals surface area contributed by atoms with Gasteiger partial charge in [0.15, 0.2) is 0 Å². The van der Waals surface area contributed by atoms with Gasteiger partial charge >= 0.3 is 6.18 Å². The van der Waals surface area contributed by atoms with Crippen LogP contribution in [0.1, 0.15) is 24.5 Å². The SMILES string of the molecule is CCC(C(=O)NC)N(Cc1ccccc1Cl)C(=O)CN(c1cc(C(F)(F)F)ccc1Cl)S(=O)(=O)c1ccccc1. The van der Waals surface area contributed by atoms with E-state index in [1.54, 1.807) is 37.3 Å². The van der Waals surface area contributed by atoms with E-state index in [9.17, 15) is 31.2 Å². The monoisotopic (exact) mass is 615 g/mol. The highest BCUT2D eigenvalue weighted by Gasteiger charge is 2.36. The van der Waals surface area contributed by atoms with Crippen LogP contribution in [0.15, 0.2) is 77.7 Å². The van der Waals surface area contributed by atoms with Crippen LogP contribution in [-0.2, 0) is 32.3 Å². The van der Waals surface area contributed by atoms with Crippen LogP contribution >= 0.6 is 23.2 Å². The summed E-state index contributed by atoms with van der Waals surface area (Å²) in [5.41, 5.74) is -1.22. The average Bonchev–Trinajstić information content (AvgIpc) is 2.92. The Kier molecular flexibility index (Phi) is 10.1. The summed E-state index contributed by atoms with van der Waals surface area (Å²) in [5.74, 6) is -1.37. The number of benzene rings is 3. The van der Waals surface area contributed by atoms with Gasteiger partial charge in [0.05, 0.1) is 21.2 Å². The fourth-order valence-corrected chi connectivity index (χ4v) is 5.92. The lowest BCUT2D eigenvalue weighted by atomic mass is 10.1. The number of sulfonamides is 1. The summed E-state index contributed by atoms with van der Waals surface area (Å²) >= 11 is 12.5. The normalized spacial score (nSPS) is 12.5. The quantitative estimate of drug-likeness (QED) is 0.314. The number of alkyl halides is 3. The number of amides is 2. The first kappa shape index (κ1) is 31.3. The predicted molar refractivity (Wildman–Crippen MR) is 148 cm³/mol. The smallest absolute Gasteiger partial charge is 0.357 e. The van der Waals surface area contributed by atoms with E-state index in [2.05, 4.69) is 5.32 Å². The van der Waals surface area contributed by atoms with Crippen LogP contribution < -0.4 is 9.62 Å². The van der Waals surface area contributed by atoms with E-state index in [1.165, 1.54) is 31.3 Å². The van der Waals surface area contributed by atoms with Gasteiger partial charge in [0.2, 0.25) is 11.8 Å². The molecule has 0 aromatic heterocycles. The lowest BCUT2D eigenvalue weighted by molar-refractivity contribution is -0.140. The molecule has 13 heteroatoms. The Morgan fingerprint density at radius 1 is 0.950 bits per heavy atom. The summed E-state index contributed by atoms with van der Waals surface area (Å²) in [6.07, 6.45) is -4.65. The van der Waals surface area contributed by atoms with Crippen LogP contribution in [0.25, 0.3) is 0 Å². The third-order valence-electron chi connectivity index (χ3n) is 6.08. The first-order chi connectivity index (χ1) is 18.8. The molecule has 0 spiro atoms. The molecule has 1 unspecified atom stereocenters. The van der Waals surface area contributed by atoms with Gasteiger partial charge in [-0.05, 0) is 48.4 Å². The van der Waals surface area contributed by atoms with E-state index in [4.69, 9.17) is 23.2 Å². The molecular formula is C27H26Cl2F3N3O4S. The van der Waals surface area contributed by atoms with Crippen molar-refractivity contribution in [2.24, 2.45) is 0 Å². The van der Waals surface area contributed by atoms with Crippen molar-refractivity contribution in [1.29, 1.82) is 0 Å². The summed E-state index contributed by atoms with van der Waals surface area (Å²) < 4.78 is 68.8. The molecule has 0 aliphatic heterocycles. The van der Waals surface area contributed by atoms with E-state index < -0.39 is 51.9 Å². The molecule has 0 saturated carbocycles. The molecule has 214 valence electrons. The van der Waals surface area contributed by atoms with Crippen LogP contribution in [0.2, 0.25) is 10.0 Å². The molecule has 1 N–H and O–H groups in total. The zero-order chi connectivity index (χ0) is 29.7. The van der Waals surface area contributed by atoms with E-state index in [-0.39, 0.29) is 22.9 Å². The average molecular weight is 616 g/mol. The summed E-state index contributed by atoms with van der Waals surface area (Å²) in [7, 11) is -3.21. The Balaban J connectivity index is 2.17. The molecule has 0 fully saturated rings. The van der Waals surface area contributed by atoms with Gasteiger partial charge in [-0.15, -0.1) is 0 Å². The molecule has 0 bridgehead atoms. The highest BCUT2D eigenvalue weighted by Crippen LogP contribution is 2.37. The first-order valence-corrected chi connectivity index (χ1v) is 14.2. The van der Waals surface area contributed by atoms with Gasteiger partial charge in [-0.3, -0.25) is 13.9 Å². The Bertz CT molecular complexity index is 1470. The largest absolute Gasteiger partial charge is 0.416 e. The van der Waals surface area contributed by atoms with Gasteiger partial charge in [0.1, 0.15) is 12.6 Å². The summed E-state index contributed by atoms with van der Waals surface area (Å²) in [6.45, 7) is 0.547. The fourth-order valence-electron chi connectivity index (χ4n) is 4.01.